The van der Waals surface area contributed by atoms with Gasteiger partial charge in [-0.2, -0.15) is 13.2 Å². The van der Waals surface area contributed by atoms with Crippen molar-refractivity contribution in [1.29, 1.82) is 0 Å². The molecule has 0 spiro atoms. The van der Waals surface area contributed by atoms with Gasteiger partial charge in [-0.25, -0.2) is 4.79 Å². The predicted octanol–water partition coefficient (Wildman–Crippen LogP) is 4.68. The number of aromatic carboxylic acids is 1. The van der Waals surface area contributed by atoms with Crippen molar-refractivity contribution in [1.82, 2.24) is 4.98 Å². The summed E-state index contributed by atoms with van der Waals surface area (Å²) in [5, 5.41) is 9.79. The highest BCUT2D eigenvalue weighted by molar-refractivity contribution is 6.06. The molecule has 0 bridgehead atoms. The Kier molecular flexibility index (Phi) is 3.48. The van der Waals surface area contributed by atoms with Crippen molar-refractivity contribution >= 4 is 16.9 Å². The molecule has 0 radical (unpaired) electrons. The average molecular weight is 321 g/mol. The van der Waals surface area contributed by atoms with Crippen LogP contribution in [0.25, 0.3) is 10.9 Å². The van der Waals surface area contributed by atoms with Crippen LogP contribution in [0, 0.1) is 0 Å². The van der Waals surface area contributed by atoms with E-state index in [0.29, 0.717) is 10.9 Å². The summed E-state index contributed by atoms with van der Waals surface area (Å²) in [5.74, 6) is -1.12. The number of alkyl halides is 3. The minimum atomic E-state index is -4.44. The molecule has 7 heteroatoms. The molecule has 23 heavy (non-hydrogen) atoms. The summed E-state index contributed by atoms with van der Waals surface area (Å²) in [4.78, 5) is 14.2. The predicted molar refractivity (Wildman–Crippen MR) is 76.8 cm³/mol. The number of fused-ring (bicyclic) bond motifs is 1. The van der Waals surface area contributed by atoms with E-state index in [2.05, 4.69) is 4.98 Å². The van der Waals surface area contributed by atoms with E-state index in [-0.39, 0.29) is 17.2 Å². The number of aromatic nitrogens is 1. The standard InChI is InChI=1S/C16H10F3NO3/c17-16(18,19)9-5-7-10(8-6-9)23-14-13(15(21)22)11-3-1-2-4-12(11)20-14/h1-8,20H,(H,21,22). The van der Waals surface area contributed by atoms with Crippen molar-refractivity contribution in [2.45, 2.75) is 6.18 Å². The van der Waals surface area contributed by atoms with E-state index in [9.17, 15) is 23.1 Å². The van der Waals surface area contributed by atoms with E-state index in [0.717, 1.165) is 24.3 Å². The van der Waals surface area contributed by atoms with Gasteiger partial charge in [0.05, 0.1) is 5.56 Å². The molecular weight excluding hydrogens is 311 g/mol. The van der Waals surface area contributed by atoms with Crippen LogP contribution in [-0.4, -0.2) is 16.1 Å². The fourth-order valence-corrected chi connectivity index (χ4v) is 2.24. The zero-order valence-electron chi connectivity index (χ0n) is 11.5. The average Bonchev–Trinajstić information content (AvgIpc) is 2.84. The summed E-state index contributed by atoms with van der Waals surface area (Å²) in [6.07, 6.45) is -4.44. The third kappa shape index (κ3) is 2.85. The molecule has 0 amide bonds. The van der Waals surface area contributed by atoms with Crippen LogP contribution in [-0.2, 0) is 6.18 Å². The number of nitrogens with one attached hydrogen (secondary N) is 1. The number of halogens is 3. The van der Waals surface area contributed by atoms with E-state index >= 15 is 0 Å². The van der Waals surface area contributed by atoms with E-state index in [4.69, 9.17) is 4.74 Å². The summed E-state index contributed by atoms with van der Waals surface area (Å²) in [5.41, 5.74) is -0.313. The van der Waals surface area contributed by atoms with Crippen LogP contribution in [0.1, 0.15) is 15.9 Å². The summed E-state index contributed by atoms with van der Waals surface area (Å²) in [6, 6.07) is 10.7. The van der Waals surface area contributed by atoms with Crippen LogP contribution in [0.3, 0.4) is 0 Å². The van der Waals surface area contributed by atoms with Gasteiger partial charge in [0.2, 0.25) is 5.88 Å². The number of carboxylic acid groups (broad SMARTS) is 1. The second-order valence-corrected chi connectivity index (χ2v) is 4.80. The number of carbonyl (C=O) groups is 1. The maximum absolute atomic E-state index is 12.5. The highest BCUT2D eigenvalue weighted by Crippen LogP contribution is 2.34. The van der Waals surface area contributed by atoms with Gasteiger partial charge in [-0.3, -0.25) is 0 Å². The Balaban J connectivity index is 1.98. The smallest absolute Gasteiger partial charge is 0.416 e. The molecule has 2 aromatic carbocycles. The van der Waals surface area contributed by atoms with Gasteiger partial charge in [-0.15, -0.1) is 0 Å². The first kappa shape index (κ1) is 15.0. The van der Waals surface area contributed by atoms with Gasteiger partial charge in [-0.1, -0.05) is 18.2 Å². The van der Waals surface area contributed by atoms with Gasteiger partial charge in [0.15, 0.2) is 0 Å². The van der Waals surface area contributed by atoms with Gasteiger partial charge in [0.25, 0.3) is 0 Å². The normalized spacial score (nSPS) is 11.6. The van der Waals surface area contributed by atoms with Crippen molar-refractivity contribution in [3.63, 3.8) is 0 Å². The van der Waals surface area contributed by atoms with Crippen LogP contribution < -0.4 is 4.74 Å². The van der Waals surface area contributed by atoms with Crippen LogP contribution in [0.2, 0.25) is 0 Å². The highest BCUT2D eigenvalue weighted by Gasteiger charge is 2.30. The number of carboxylic acids is 1. The number of H-pyrrole nitrogens is 1. The van der Waals surface area contributed by atoms with Crippen LogP contribution in [0.5, 0.6) is 11.6 Å². The number of rotatable bonds is 3. The molecule has 0 fully saturated rings. The summed E-state index contributed by atoms with van der Waals surface area (Å²) >= 11 is 0. The Bertz CT molecular complexity index is 866. The highest BCUT2D eigenvalue weighted by atomic mass is 19.4. The topological polar surface area (TPSA) is 62.3 Å². The zero-order valence-corrected chi connectivity index (χ0v) is 11.5. The molecule has 1 aromatic heterocycles. The number of benzene rings is 2. The lowest BCUT2D eigenvalue weighted by Gasteiger charge is -2.08. The molecule has 3 aromatic rings. The lowest BCUT2D eigenvalue weighted by Crippen LogP contribution is -2.04. The second kappa shape index (κ2) is 5.35. The molecule has 3 rings (SSSR count). The molecule has 0 aliphatic carbocycles. The zero-order chi connectivity index (χ0) is 16.6. The molecule has 0 aliphatic heterocycles. The first-order chi connectivity index (χ1) is 10.9. The summed E-state index contributed by atoms with van der Waals surface area (Å²) in [6.45, 7) is 0. The Morgan fingerprint density at radius 2 is 1.70 bits per heavy atom. The lowest BCUT2D eigenvalue weighted by atomic mass is 10.2. The van der Waals surface area contributed by atoms with Crippen molar-refractivity contribution in [2.24, 2.45) is 0 Å². The molecule has 1 heterocycles. The quantitative estimate of drug-likeness (QED) is 0.736. The first-order valence-electron chi connectivity index (χ1n) is 6.55. The molecule has 0 aliphatic rings. The number of ether oxygens (including phenoxy) is 1. The van der Waals surface area contributed by atoms with E-state index < -0.39 is 17.7 Å². The molecule has 2 N–H and O–H groups in total. The fraction of sp³-hybridized carbons (Fsp3) is 0.0625. The Morgan fingerprint density at radius 1 is 1.04 bits per heavy atom. The van der Waals surface area contributed by atoms with Gasteiger partial charge in [-0.05, 0) is 30.3 Å². The molecule has 0 saturated heterocycles. The van der Waals surface area contributed by atoms with E-state index in [1.807, 2.05) is 0 Å². The number of hydrogen-bond acceptors (Lipinski definition) is 2. The largest absolute Gasteiger partial charge is 0.477 e. The molecule has 118 valence electrons. The Hall–Kier alpha value is -2.96. The minimum absolute atomic E-state index is 0.0292. The van der Waals surface area contributed by atoms with E-state index in [1.165, 1.54) is 0 Å². The first-order valence-corrected chi connectivity index (χ1v) is 6.55. The van der Waals surface area contributed by atoms with Crippen LogP contribution in [0.15, 0.2) is 48.5 Å². The minimum Gasteiger partial charge on any atom is -0.477 e. The van der Waals surface area contributed by atoms with Crippen molar-refractivity contribution in [3.8, 4) is 11.6 Å². The molecule has 0 saturated carbocycles. The van der Waals surface area contributed by atoms with Gasteiger partial charge in [0.1, 0.15) is 11.3 Å². The van der Waals surface area contributed by atoms with Crippen LogP contribution in [0.4, 0.5) is 13.2 Å². The lowest BCUT2D eigenvalue weighted by molar-refractivity contribution is -0.137. The molecule has 0 atom stereocenters. The SMILES string of the molecule is O=C(O)c1c(Oc2ccc(C(F)(F)F)cc2)[nH]c2ccccc12. The monoisotopic (exact) mass is 321 g/mol. The van der Waals surface area contributed by atoms with Crippen molar-refractivity contribution in [2.75, 3.05) is 0 Å². The van der Waals surface area contributed by atoms with E-state index in [1.54, 1.807) is 24.3 Å². The number of para-hydroxylation sites is 1. The fourth-order valence-electron chi connectivity index (χ4n) is 2.24. The Morgan fingerprint density at radius 3 is 2.30 bits per heavy atom. The van der Waals surface area contributed by atoms with Crippen molar-refractivity contribution < 1.29 is 27.8 Å². The third-order valence-corrected chi connectivity index (χ3v) is 3.29. The summed E-state index contributed by atoms with van der Waals surface area (Å²) in [7, 11) is 0. The molecule has 4 nitrogen and oxygen atoms in total. The maximum atomic E-state index is 12.5. The summed E-state index contributed by atoms with van der Waals surface area (Å²) < 4.78 is 43.0. The van der Waals surface area contributed by atoms with Gasteiger partial charge >= 0.3 is 12.1 Å². The Labute approximate surface area is 128 Å². The van der Waals surface area contributed by atoms with Gasteiger partial charge < -0.3 is 14.8 Å². The second-order valence-electron chi connectivity index (χ2n) is 4.80. The van der Waals surface area contributed by atoms with Crippen LogP contribution >= 0.6 is 0 Å². The van der Waals surface area contributed by atoms with Crippen molar-refractivity contribution in [3.05, 3.63) is 59.7 Å². The van der Waals surface area contributed by atoms with Gasteiger partial charge in [0, 0.05) is 10.9 Å². The maximum Gasteiger partial charge on any atom is 0.416 e. The molecular formula is C16H10F3NO3. The number of aromatic amines is 1. The molecule has 0 unspecified atom stereocenters. The number of hydrogen-bond donors (Lipinski definition) is 2. The third-order valence-electron chi connectivity index (χ3n) is 3.29.